The van der Waals surface area contributed by atoms with Crippen molar-refractivity contribution >= 4 is 0 Å². The molecule has 3 nitrogen and oxygen atoms in total. The van der Waals surface area contributed by atoms with Crippen molar-refractivity contribution in [3.63, 3.8) is 0 Å². The molecule has 3 heteroatoms. The van der Waals surface area contributed by atoms with Crippen LogP contribution in [0.4, 0.5) is 0 Å². The fourth-order valence-electron chi connectivity index (χ4n) is 0.817. The van der Waals surface area contributed by atoms with E-state index in [4.69, 9.17) is 4.84 Å². The van der Waals surface area contributed by atoms with Crippen molar-refractivity contribution in [3.8, 4) is 0 Å². The normalized spacial score (nSPS) is 7.17. The number of pyridine rings is 2. The van der Waals surface area contributed by atoms with Gasteiger partial charge in [-0.05, 0) is 12.1 Å². The van der Waals surface area contributed by atoms with Crippen molar-refractivity contribution in [1.82, 2.24) is 4.98 Å². The summed E-state index contributed by atoms with van der Waals surface area (Å²) in [4.78, 5) is 8.62. The lowest BCUT2D eigenvalue weighted by molar-refractivity contribution is -0.885. The molecule has 2 aromatic heterocycles. The van der Waals surface area contributed by atoms with Crippen LogP contribution in [-0.2, 0) is 0 Å². The average Bonchev–Trinajstić information content (AvgIpc) is 2.54. The summed E-state index contributed by atoms with van der Waals surface area (Å²) in [6.45, 7) is 8.00. The van der Waals surface area contributed by atoms with Crippen LogP contribution < -0.4 is 9.57 Å². The number of hydrogen-bond acceptors (Lipinski definition) is 2. The summed E-state index contributed by atoms with van der Waals surface area (Å²) in [5, 5.41) is 0. The molecule has 0 radical (unpaired) electrons. The van der Waals surface area contributed by atoms with Gasteiger partial charge in [-0.1, -0.05) is 39.8 Å². The molecule has 0 saturated carbocycles. The lowest BCUT2D eigenvalue weighted by atomic mass is 10.5. The van der Waals surface area contributed by atoms with E-state index in [-0.39, 0.29) is 0 Å². The highest BCUT2D eigenvalue weighted by Crippen LogP contribution is 1.73. The zero-order valence-corrected chi connectivity index (χ0v) is 12.1. The van der Waals surface area contributed by atoms with Crippen LogP contribution in [0.1, 0.15) is 27.7 Å². The molecule has 0 aliphatic rings. The lowest BCUT2D eigenvalue weighted by Crippen LogP contribution is -2.38. The molecule has 2 aromatic rings. The Kier molecular flexibility index (Phi) is 17.9. The first-order valence-electron chi connectivity index (χ1n) is 6.29. The zero-order chi connectivity index (χ0) is 14.1. The second kappa shape index (κ2) is 17.5. The number of hydrogen-bond donors (Lipinski definition) is 0. The highest BCUT2D eigenvalue weighted by molar-refractivity contribution is 4.88. The van der Waals surface area contributed by atoms with E-state index in [9.17, 15) is 0 Å². The molecule has 0 spiro atoms. The Balaban J connectivity index is 0. The van der Waals surface area contributed by atoms with Gasteiger partial charge in [0.15, 0.2) is 0 Å². The van der Waals surface area contributed by atoms with Gasteiger partial charge in [0, 0.05) is 29.3 Å². The van der Waals surface area contributed by atoms with Crippen molar-refractivity contribution < 1.29 is 9.57 Å². The van der Waals surface area contributed by atoms with Crippen molar-refractivity contribution in [1.29, 1.82) is 0 Å². The van der Waals surface area contributed by atoms with E-state index in [1.165, 1.54) is 0 Å². The monoisotopic (exact) mass is 249 g/mol. The molecule has 0 unspecified atom stereocenters. The smallest absolute Gasteiger partial charge is 0.222 e. The summed E-state index contributed by atoms with van der Waals surface area (Å²) < 4.78 is 1.62. The van der Waals surface area contributed by atoms with E-state index < -0.39 is 0 Å². The van der Waals surface area contributed by atoms with Gasteiger partial charge >= 0.3 is 0 Å². The molecule has 0 aromatic carbocycles. The van der Waals surface area contributed by atoms with Gasteiger partial charge in [-0.2, -0.15) is 0 Å². The third-order valence-electron chi connectivity index (χ3n) is 1.47. The molecule has 100 valence electrons. The molecular weight excluding hydrogens is 224 g/mol. The van der Waals surface area contributed by atoms with E-state index in [1.807, 2.05) is 76.5 Å². The predicted molar refractivity (Wildman–Crippen MR) is 76.1 cm³/mol. The van der Waals surface area contributed by atoms with Crippen molar-refractivity contribution in [3.05, 3.63) is 61.2 Å². The van der Waals surface area contributed by atoms with Gasteiger partial charge in [-0.15, -0.1) is 0 Å². The average molecular weight is 249 g/mol. The Morgan fingerprint density at radius 1 is 0.722 bits per heavy atom. The first-order valence-corrected chi connectivity index (χ1v) is 6.29. The highest BCUT2D eigenvalue weighted by Gasteiger charge is 1.88. The minimum absolute atomic E-state index is 1.62. The summed E-state index contributed by atoms with van der Waals surface area (Å²) in [6, 6.07) is 11.5. The van der Waals surface area contributed by atoms with Gasteiger partial charge in [-0.25, -0.2) is 0 Å². The van der Waals surface area contributed by atoms with Crippen molar-refractivity contribution in [2.24, 2.45) is 0 Å². The molecule has 0 aliphatic heterocycles. The van der Waals surface area contributed by atoms with Gasteiger partial charge in [0.05, 0.1) is 0 Å². The maximum Gasteiger partial charge on any atom is 0.222 e. The largest absolute Gasteiger partial charge is 0.275 e. The maximum absolute atomic E-state index is 4.83. The van der Waals surface area contributed by atoms with Crippen LogP contribution in [0.15, 0.2) is 61.2 Å². The van der Waals surface area contributed by atoms with Gasteiger partial charge < -0.3 is 0 Å². The van der Waals surface area contributed by atoms with Gasteiger partial charge in [0.1, 0.15) is 7.11 Å². The molecule has 0 bridgehead atoms. The number of rotatable bonds is 1. The number of nitrogens with zero attached hydrogens (tertiary/aromatic N) is 2. The Morgan fingerprint density at radius 2 is 1.17 bits per heavy atom. The van der Waals surface area contributed by atoms with E-state index in [0.29, 0.717) is 0 Å². The van der Waals surface area contributed by atoms with Gasteiger partial charge in [0.25, 0.3) is 0 Å². The van der Waals surface area contributed by atoms with Crippen molar-refractivity contribution in [2.75, 3.05) is 7.11 Å². The molecule has 0 amide bonds. The predicted octanol–water partition coefficient (Wildman–Crippen LogP) is 3.17. The highest BCUT2D eigenvalue weighted by atomic mass is 16.6. The van der Waals surface area contributed by atoms with Crippen LogP contribution in [0.3, 0.4) is 0 Å². The molecular formula is C15H25N2O+. The summed E-state index contributed by atoms with van der Waals surface area (Å²) in [7, 11) is 1.62. The van der Waals surface area contributed by atoms with Gasteiger partial charge in [0.2, 0.25) is 12.4 Å². The molecule has 0 saturated heterocycles. The molecule has 2 rings (SSSR count). The van der Waals surface area contributed by atoms with E-state index in [2.05, 4.69) is 4.98 Å². The minimum Gasteiger partial charge on any atom is -0.275 e. The summed E-state index contributed by atoms with van der Waals surface area (Å²) in [5.41, 5.74) is 0. The second-order valence-electron chi connectivity index (χ2n) is 2.44. The summed E-state index contributed by atoms with van der Waals surface area (Å²) in [6.07, 6.45) is 7.17. The SMILES string of the molecule is CC.CC.CO[n+]1ccccc1.c1ccncc1. The van der Waals surface area contributed by atoms with Crippen LogP contribution in [0.5, 0.6) is 0 Å². The molecule has 0 atom stereocenters. The third-order valence-corrected chi connectivity index (χ3v) is 1.47. The fourth-order valence-corrected chi connectivity index (χ4v) is 0.817. The maximum atomic E-state index is 4.83. The summed E-state index contributed by atoms with van der Waals surface area (Å²) in [5.74, 6) is 0. The topological polar surface area (TPSA) is 26.0 Å². The Morgan fingerprint density at radius 3 is 1.39 bits per heavy atom. The van der Waals surface area contributed by atoms with Crippen LogP contribution in [0.25, 0.3) is 0 Å². The van der Waals surface area contributed by atoms with Crippen LogP contribution in [0, 0.1) is 0 Å². The number of aromatic nitrogens is 2. The van der Waals surface area contributed by atoms with Crippen LogP contribution >= 0.6 is 0 Å². The van der Waals surface area contributed by atoms with Crippen LogP contribution in [0.2, 0.25) is 0 Å². The third kappa shape index (κ3) is 12.2. The Bertz CT molecular complexity index is 298. The molecule has 2 heterocycles. The lowest BCUT2D eigenvalue weighted by Gasteiger charge is -1.84. The molecule has 0 N–H and O–H groups in total. The first kappa shape index (κ1) is 18.5. The fraction of sp³-hybridized carbons (Fsp3) is 0.333. The summed E-state index contributed by atoms with van der Waals surface area (Å²) >= 11 is 0. The second-order valence-corrected chi connectivity index (χ2v) is 2.44. The Hall–Kier alpha value is -1.90. The quantitative estimate of drug-likeness (QED) is 0.726. The standard InChI is InChI=1S/C6H8NO.C5H5N.2C2H6/c1-8-7-5-3-2-4-6-7;1-2-4-6-5-3-1;2*1-2/h2-6H,1H3;1-5H;2*1-2H3/q+1;;;. The Labute approximate surface area is 111 Å². The molecule has 0 aliphatic carbocycles. The molecule has 18 heavy (non-hydrogen) atoms. The van der Waals surface area contributed by atoms with Crippen LogP contribution in [-0.4, -0.2) is 12.1 Å². The molecule has 0 fully saturated rings. The van der Waals surface area contributed by atoms with E-state index >= 15 is 0 Å². The van der Waals surface area contributed by atoms with E-state index in [1.54, 1.807) is 24.2 Å². The van der Waals surface area contributed by atoms with Crippen molar-refractivity contribution in [2.45, 2.75) is 27.7 Å². The first-order chi connectivity index (χ1) is 8.93. The van der Waals surface area contributed by atoms with E-state index in [0.717, 1.165) is 0 Å². The van der Waals surface area contributed by atoms with Gasteiger partial charge in [-0.3, -0.25) is 9.82 Å². The minimum atomic E-state index is 1.62. The zero-order valence-electron chi connectivity index (χ0n) is 12.1.